The molecule has 1 aromatic heterocycles. The fourth-order valence-electron chi connectivity index (χ4n) is 3.69. The minimum atomic E-state index is -0.102. The summed E-state index contributed by atoms with van der Waals surface area (Å²) >= 11 is 1.69. The van der Waals surface area contributed by atoms with Crippen LogP contribution in [0, 0.1) is 0 Å². The molecule has 1 aliphatic heterocycles. The molecule has 0 spiro atoms. The van der Waals surface area contributed by atoms with Gasteiger partial charge in [-0.15, -0.1) is 11.3 Å². The molecule has 0 bridgehead atoms. The smallest absolute Gasteiger partial charge is 0.260 e. The van der Waals surface area contributed by atoms with Crippen LogP contribution in [0.3, 0.4) is 0 Å². The first-order chi connectivity index (χ1) is 13.5. The lowest BCUT2D eigenvalue weighted by molar-refractivity contribution is -0.139. The Kier molecular flexibility index (Phi) is 7.09. The SMILES string of the molecule is CC1CCCC(C)N1C(=O)COc1ccc(C(=O)NCCc2cccs2)cc1. The molecule has 6 heteroatoms. The van der Waals surface area contributed by atoms with Gasteiger partial charge in [-0.3, -0.25) is 9.59 Å². The lowest BCUT2D eigenvalue weighted by Crippen LogP contribution is -2.49. The van der Waals surface area contributed by atoms with Crippen LogP contribution in [0.25, 0.3) is 0 Å². The maximum absolute atomic E-state index is 12.5. The summed E-state index contributed by atoms with van der Waals surface area (Å²) in [7, 11) is 0. The quantitative estimate of drug-likeness (QED) is 0.767. The van der Waals surface area contributed by atoms with Crippen molar-refractivity contribution in [2.24, 2.45) is 0 Å². The number of benzene rings is 1. The minimum Gasteiger partial charge on any atom is -0.484 e. The Bertz CT molecular complexity index is 764. The van der Waals surface area contributed by atoms with Crippen molar-refractivity contribution in [2.45, 2.75) is 51.6 Å². The standard InChI is InChI=1S/C22H28N2O3S/c1-16-5-3-6-17(2)24(16)21(25)15-27-19-10-8-18(9-11-19)22(26)23-13-12-20-7-4-14-28-20/h4,7-11,14,16-17H,3,5-6,12-13,15H2,1-2H3,(H,23,26). The monoisotopic (exact) mass is 400 g/mol. The van der Waals surface area contributed by atoms with Gasteiger partial charge in [0.25, 0.3) is 11.8 Å². The number of nitrogens with zero attached hydrogens (tertiary/aromatic N) is 1. The van der Waals surface area contributed by atoms with Gasteiger partial charge in [0, 0.05) is 29.1 Å². The highest BCUT2D eigenvalue weighted by Crippen LogP contribution is 2.23. The van der Waals surface area contributed by atoms with Gasteiger partial charge >= 0.3 is 0 Å². The van der Waals surface area contributed by atoms with Gasteiger partial charge in [-0.2, -0.15) is 0 Å². The predicted molar refractivity (Wildman–Crippen MR) is 112 cm³/mol. The van der Waals surface area contributed by atoms with E-state index < -0.39 is 0 Å². The number of thiophene rings is 1. The van der Waals surface area contributed by atoms with E-state index in [0.717, 1.165) is 19.3 Å². The molecule has 1 aromatic carbocycles. The highest BCUT2D eigenvalue weighted by atomic mass is 32.1. The number of ether oxygens (including phenoxy) is 1. The van der Waals surface area contributed by atoms with Gasteiger partial charge in [-0.25, -0.2) is 0 Å². The molecule has 1 N–H and O–H groups in total. The summed E-state index contributed by atoms with van der Waals surface area (Å²) in [5.74, 6) is 0.519. The van der Waals surface area contributed by atoms with Crippen LogP contribution in [0.4, 0.5) is 0 Å². The van der Waals surface area contributed by atoms with Gasteiger partial charge in [0.2, 0.25) is 0 Å². The van der Waals surface area contributed by atoms with Crippen LogP contribution in [0.15, 0.2) is 41.8 Å². The maximum atomic E-state index is 12.5. The van der Waals surface area contributed by atoms with E-state index in [-0.39, 0.29) is 30.5 Å². The van der Waals surface area contributed by atoms with Gasteiger partial charge in [0.1, 0.15) is 5.75 Å². The lowest BCUT2D eigenvalue weighted by atomic mass is 9.97. The number of rotatable bonds is 7. The Morgan fingerprint density at radius 2 is 1.86 bits per heavy atom. The van der Waals surface area contributed by atoms with Crippen molar-refractivity contribution < 1.29 is 14.3 Å². The van der Waals surface area contributed by atoms with E-state index in [9.17, 15) is 9.59 Å². The number of hydrogen-bond donors (Lipinski definition) is 1. The number of nitrogens with one attached hydrogen (secondary N) is 1. The second-order valence-corrected chi connectivity index (χ2v) is 8.36. The molecular weight excluding hydrogens is 372 g/mol. The van der Waals surface area contributed by atoms with Crippen LogP contribution in [-0.2, 0) is 11.2 Å². The van der Waals surface area contributed by atoms with Gasteiger partial charge in [-0.05, 0) is 75.2 Å². The summed E-state index contributed by atoms with van der Waals surface area (Å²) in [6.45, 7) is 4.83. The third-order valence-electron chi connectivity index (χ3n) is 5.20. The molecule has 1 aliphatic rings. The largest absolute Gasteiger partial charge is 0.484 e. The zero-order valence-electron chi connectivity index (χ0n) is 16.5. The summed E-state index contributed by atoms with van der Waals surface area (Å²) < 4.78 is 5.66. The van der Waals surface area contributed by atoms with Gasteiger partial charge in [-0.1, -0.05) is 6.07 Å². The molecular formula is C22H28N2O3S. The van der Waals surface area contributed by atoms with Gasteiger partial charge < -0.3 is 15.0 Å². The van der Waals surface area contributed by atoms with Crippen LogP contribution in [0.1, 0.15) is 48.3 Å². The molecule has 1 saturated heterocycles. The van der Waals surface area contributed by atoms with Crippen LogP contribution in [0.2, 0.25) is 0 Å². The average molecular weight is 401 g/mol. The highest BCUT2D eigenvalue weighted by Gasteiger charge is 2.28. The van der Waals surface area contributed by atoms with Gasteiger partial charge in [0.15, 0.2) is 6.61 Å². The number of carbonyl (C=O) groups excluding carboxylic acids is 2. The summed E-state index contributed by atoms with van der Waals surface area (Å²) in [6.07, 6.45) is 4.10. The molecule has 2 aromatic rings. The van der Waals surface area contributed by atoms with E-state index in [1.54, 1.807) is 35.6 Å². The Labute approximate surface area is 170 Å². The Hall–Kier alpha value is -2.34. The molecule has 28 heavy (non-hydrogen) atoms. The second kappa shape index (κ2) is 9.73. The molecule has 2 unspecified atom stereocenters. The van der Waals surface area contributed by atoms with Crippen molar-refractivity contribution in [1.29, 1.82) is 0 Å². The van der Waals surface area contributed by atoms with E-state index >= 15 is 0 Å². The van der Waals surface area contributed by atoms with Crippen LogP contribution < -0.4 is 10.1 Å². The molecule has 2 atom stereocenters. The molecule has 5 nitrogen and oxygen atoms in total. The Balaban J connectivity index is 1.46. The van der Waals surface area contributed by atoms with Gasteiger partial charge in [0.05, 0.1) is 0 Å². The Morgan fingerprint density at radius 3 is 2.50 bits per heavy atom. The molecule has 150 valence electrons. The summed E-state index contributed by atoms with van der Waals surface area (Å²) in [4.78, 5) is 27.9. The minimum absolute atomic E-state index is 0.0232. The van der Waals surface area contributed by atoms with E-state index in [4.69, 9.17) is 4.74 Å². The van der Waals surface area contributed by atoms with Crippen molar-refractivity contribution in [2.75, 3.05) is 13.2 Å². The van der Waals surface area contributed by atoms with Crippen molar-refractivity contribution in [3.05, 3.63) is 52.2 Å². The zero-order valence-corrected chi connectivity index (χ0v) is 17.3. The lowest BCUT2D eigenvalue weighted by Gasteiger charge is -2.38. The predicted octanol–water partition coefficient (Wildman–Crippen LogP) is 3.89. The van der Waals surface area contributed by atoms with E-state index in [2.05, 4.69) is 25.2 Å². The first-order valence-electron chi connectivity index (χ1n) is 9.89. The third kappa shape index (κ3) is 5.35. The molecule has 0 saturated carbocycles. The number of piperidine rings is 1. The molecule has 2 amide bonds. The number of amides is 2. The van der Waals surface area contributed by atoms with Crippen molar-refractivity contribution in [3.63, 3.8) is 0 Å². The third-order valence-corrected chi connectivity index (χ3v) is 6.13. The van der Waals surface area contributed by atoms with Crippen LogP contribution in [-0.4, -0.2) is 41.9 Å². The van der Waals surface area contributed by atoms with Crippen LogP contribution in [0.5, 0.6) is 5.75 Å². The number of likely N-dealkylation sites (tertiary alicyclic amines) is 1. The van der Waals surface area contributed by atoms with E-state index in [1.165, 1.54) is 11.3 Å². The van der Waals surface area contributed by atoms with Crippen molar-refractivity contribution >= 4 is 23.2 Å². The molecule has 0 radical (unpaired) electrons. The Morgan fingerprint density at radius 1 is 1.14 bits per heavy atom. The first-order valence-corrected chi connectivity index (χ1v) is 10.8. The second-order valence-electron chi connectivity index (χ2n) is 7.33. The fourth-order valence-corrected chi connectivity index (χ4v) is 4.40. The summed E-state index contributed by atoms with van der Waals surface area (Å²) in [5.41, 5.74) is 0.586. The first kappa shape index (κ1) is 20.4. The van der Waals surface area contributed by atoms with E-state index in [0.29, 0.717) is 17.9 Å². The van der Waals surface area contributed by atoms with E-state index in [1.807, 2.05) is 16.3 Å². The topological polar surface area (TPSA) is 58.6 Å². The number of carbonyl (C=O) groups is 2. The number of hydrogen-bond acceptors (Lipinski definition) is 4. The normalized spacial score (nSPS) is 19.3. The molecule has 2 heterocycles. The fraction of sp³-hybridized carbons (Fsp3) is 0.455. The van der Waals surface area contributed by atoms with Crippen molar-refractivity contribution in [1.82, 2.24) is 10.2 Å². The summed E-state index contributed by atoms with van der Waals surface area (Å²) in [6, 6.07) is 11.5. The maximum Gasteiger partial charge on any atom is 0.260 e. The highest BCUT2D eigenvalue weighted by molar-refractivity contribution is 7.09. The zero-order chi connectivity index (χ0) is 19.9. The van der Waals surface area contributed by atoms with Crippen LogP contribution >= 0.6 is 11.3 Å². The summed E-state index contributed by atoms with van der Waals surface area (Å²) in [5, 5.41) is 4.96. The molecule has 1 fully saturated rings. The average Bonchev–Trinajstić information content (AvgIpc) is 3.20. The van der Waals surface area contributed by atoms with Crippen molar-refractivity contribution in [3.8, 4) is 5.75 Å². The molecule has 3 rings (SSSR count). The molecule has 0 aliphatic carbocycles.